The van der Waals surface area contributed by atoms with E-state index in [1.165, 1.54) is 38.5 Å². The monoisotopic (exact) mass is 182 g/mol. The third-order valence-corrected chi connectivity index (χ3v) is 4.66. The summed E-state index contributed by atoms with van der Waals surface area (Å²) in [5.41, 5.74) is 0.753. The van der Waals surface area contributed by atoms with E-state index in [0.717, 1.165) is 17.3 Å². The van der Waals surface area contributed by atoms with Crippen molar-refractivity contribution in [1.82, 2.24) is 0 Å². The van der Waals surface area contributed by atoms with Gasteiger partial charge in [-0.25, -0.2) is 0 Å². The molecule has 3 unspecified atom stereocenters. The molecule has 78 valence electrons. The zero-order valence-corrected chi connectivity index (χ0v) is 9.90. The van der Waals surface area contributed by atoms with Crippen LogP contribution in [0, 0.1) is 17.3 Å². The van der Waals surface area contributed by atoms with Gasteiger partial charge in [-0.3, -0.25) is 0 Å². The van der Waals surface area contributed by atoms with Gasteiger partial charge in [-0.1, -0.05) is 47.0 Å². The molecule has 1 rings (SSSR count). The molecule has 1 aliphatic carbocycles. The van der Waals surface area contributed by atoms with E-state index < -0.39 is 0 Å². The van der Waals surface area contributed by atoms with Crippen LogP contribution in [-0.2, 0) is 0 Å². The molecule has 3 atom stereocenters. The molecule has 13 heavy (non-hydrogen) atoms. The molecule has 0 aromatic carbocycles. The fourth-order valence-corrected chi connectivity index (χ4v) is 2.65. The van der Waals surface area contributed by atoms with Gasteiger partial charge in [0, 0.05) is 0 Å². The lowest BCUT2D eigenvalue weighted by Crippen LogP contribution is -2.38. The Morgan fingerprint density at radius 1 is 1.38 bits per heavy atom. The van der Waals surface area contributed by atoms with E-state index >= 15 is 0 Å². The fraction of sp³-hybridized carbons (Fsp3) is 1.00. The second-order valence-corrected chi connectivity index (χ2v) is 5.21. The Kier molecular flexibility index (Phi) is 3.82. The van der Waals surface area contributed by atoms with Crippen LogP contribution in [0.2, 0.25) is 0 Å². The van der Waals surface area contributed by atoms with Crippen LogP contribution in [0.1, 0.15) is 66.2 Å². The molecule has 0 N–H and O–H groups in total. The van der Waals surface area contributed by atoms with E-state index in [-0.39, 0.29) is 0 Å². The summed E-state index contributed by atoms with van der Waals surface area (Å²) in [6.45, 7) is 9.54. The van der Waals surface area contributed by atoms with Crippen LogP contribution in [-0.4, -0.2) is 0 Å². The summed E-state index contributed by atoms with van der Waals surface area (Å²) in [5.74, 6) is 1.94. The highest BCUT2D eigenvalue weighted by Gasteiger charge is 2.41. The van der Waals surface area contributed by atoms with Crippen molar-refractivity contribution >= 4 is 0 Å². The summed E-state index contributed by atoms with van der Waals surface area (Å²) < 4.78 is 0. The fourth-order valence-electron chi connectivity index (χ4n) is 2.65. The van der Waals surface area contributed by atoms with Gasteiger partial charge in [0.05, 0.1) is 0 Å². The molecular weight excluding hydrogens is 156 g/mol. The maximum absolute atomic E-state index is 2.45. The Balaban J connectivity index is 2.32. The van der Waals surface area contributed by atoms with Gasteiger partial charge < -0.3 is 0 Å². The maximum atomic E-state index is 2.45. The number of hydrogen-bond donors (Lipinski definition) is 0. The first-order valence-electron chi connectivity index (χ1n) is 6.14. The third kappa shape index (κ3) is 2.27. The molecule has 0 radical (unpaired) electrons. The molecule has 1 fully saturated rings. The van der Waals surface area contributed by atoms with Crippen LogP contribution >= 0.6 is 0 Å². The minimum atomic E-state index is 0.753. The highest BCUT2D eigenvalue weighted by Crippen LogP contribution is 2.52. The van der Waals surface area contributed by atoms with Gasteiger partial charge in [0.2, 0.25) is 0 Å². The van der Waals surface area contributed by atoms with E-state index in [4.69, 9.17) is 0 Å². The highest BCUT2D eigenvalue weighted by atomic mass is 14.5. The molecule has 1 saturated carbocycles. The van der Waals surface area contributed by atoms with E-state index in [2.05, 4.69) is 27.7 Å². The highest BCUT2D eigenvalue weighted by molar-refractivity contribution is 4.92. The Bertz CT molecular complexity index is 146. The average Bonchev–Trinajstić information content (AvgIpc) is 2.16. The molecular formula is C13H26. The molecule has 0 nitrogen and oxygen atoms in total. The molecule has 0 aromatic heterocycles. The minimum absolute atomic E-state index is 0.753. The van der Waals surface area contributed by atoms with Gasteiger partial charge in [0.25, 0.3) is 0 Å². The second-order valence-electron chi connectivity index (χ2n) is 5.21. The Morgan fingerprint density at radius 3 is 2.38 bits per heavy atom. The van der Waals surface area contributed by atoms with Crippen molar-refractivity contribution in [2.24, 2.45) is 17.3 Å². The predicted molar refractivity (Wildman–Crippen MR) is 59.8 cm³/mol. The first-order valence-corrected chi connectivity index (χ1v) is 6.14. The smallest absolute Gasteiger partial charge is 0.0274 e. The van der Waals surface area contributed by atoms with Gasteiger partial charge in [0.15, 0.2) is 0 Å². The lowest BCUT2D eigenvalue weighted by molar-refractivity contribution is 0.0226. The van der Waals surface area contributed by atoms with Crippen LogP contribution in [0.5, 0.6) is 0 Å². The van der Waals surface area contributed by atoms with Gasteiger partial charge in [0.1, 0.15) is 0 Å². The topological polar surface area (TPSA) is 0 Å². The average molecular weight is 182 g/mol. The van der Waals surface area contributed by atoms with Gasteiger partial charge in [-0.15, -0.1) is 0 Å². The molecule has 0 aromatic rings. The van der Waals surface area contributed by atoms with Gasteiger partial charge >= 0.3 is 0 Å². The van der Waals surface area contributed by atoms with E-state index in [9.17, 15) is 0 Å². The first kappa shape index (κ1) is 11.1. The van der Waals surface area contributed by atoms with Crippen molar-refractivity contribution in [1.29, 1.82) is 0 Å². The molecule has 0 spiro atoms. The Hall–Kier alpha value is 0. The van der Waals surface area contributed by atoms with Crippen molar-refractivity contribution in [3.63, 3.8) is 0 Å². The summed E-state index contributed by atoms with van der Waals surface area (Å²) in [6.07, 6.45) is 8.68. The standard InChI is InChI=1S/C13H26/c1-5-11(3)7-9-13(6-2)10-8-12(13)4/h11-12H,5-10H2,1-4H3. The molecule has 0 aliphatic heterocycles. The SMILES string of the molecule is CCC(C)CCC1(CC)CCC1C. The Labute approximate surface area is 84.1 Å². The quantitative estimate of drug-likeness (QED) is 0.581. The predicted octanol–water partition coefficient (Wildman–Crippen LogP) is 4.64. The van der Waals surface area contributed by atoms with Crippen molar-refractivity contribution in [3.05, 3.63) is 0 Å². The molecule has 0 saturated heterocycles. The van der Waals surface area contributed by atoms with Crippen molar-refractivity contribution in [2.45, 2.75) is 66.2 Å². The molecule has 0 heteroatoms. The van der Waals surface area contributed by atoms with E-state index in [1.54, 1.807) is 0 Å². The lowest BCUT2D eigenvalue weighted by Gasteiger charge is -2.48. The zero-order chi connectivity index (χ0) is 9.90. The summed E-state index contributed by atoms with van der Waals surface area (Å²) in [5, 5.41) is 0. The van der Waals surface area contributed by atoms with Crippen molar-refractivity contribution in [2.75, 3.05) is 0 Å². The Morgan fingerprint density at radius 2 is 2.08 bits per heavy atom. The van der Waals surface area contributed by atoms with Gasteiger partial charge in [-0.2, -0.15) is 0 Å². The third-order valence-electron chi connectivity index (χ3n) is 4.66. The molecule has 1 aliphatic rings. The van der Waals surface area contributed by atoms with Crippen LogP contribution in [0.15, 0.2) is 0 Å². The zero-order valence-electron chi connectivity index (χ0n) is 9.90. The second kappa shape index (κ2) is 4.48. The van der Waals surface area contributed by atoms with Crippen LogP contribution < -0.4 is 0 Å². The van der Waals surface area contributed by atoms with E-state index in [0.29, 0.717) is 0 Å². The van der Waals surface area contributed by atoms with Crippen molar-refractivity contribution in [3.8, 4) is 0 Å². The summed E-state index contributed by atoms with van der Waals surface area (Å²) >= 11 is 0. The summed E-state index contributed by atoms with van der Waals surface area (Å²) in [4.78, 5) is 0. The maximum Gasteiger partial charge on any atom is -0.0274 e. The molecule has 0 bridgehead atoms. The summed E-state index contributed by atoms with van der Waals surface area (Å²) in [7, 11) is 0. The van der Waals surface area contributed by atoms with E-state index in [1.807, 2.05) is 0 Å². The van der Waals surface area contributed by atoms with Crippen LogP contribution in [0.4, 0.5) is 0 Å². The number of hydrogen-bond acceptors (Lipinski definition) is 0. The summed E-state index contributed by atoms with van der Waals surface area (Å²) in [6, 6.07) is 0. The van der Waals surface area contributed by atoms with Crippen LogP contribution in [0.3, 0.4) is 0 Å². The molecule has 0 heterocycles. The van der Waals surface area contributed by atoms with Gasteiger partial charge in [-0.05, 0) is 36.5 Å². The minimum Gasteiger partial charge on any atom is -0.0651 e. The largest absolute Gasteiger partial charge is 0.0651 e. The normalized spacial score (nSPS) is 35.5. The lowest BCUT2D eigenvalue weighted by atomic mass is 9.57. The molecule has 0 amide bonds. The number of rotatable bonds is 5. The first-order chi connectivity index (χ1) is 6.14. The van der Waals surface area contributed by atoms with Crippen LogP contribution in [0.25, 0.3) is 0 Å². The van der Waals surface area contributed by atoms with Crippen molar-refractivity contribution < 1.29 is 0 Å².